The number of aromatic nitrogens is 5. The summed E-state index contributed by atoms with van der Waals surface area (Å²) >= 11 is 6.64. The van der Waals surface area contributed by atoms with Crippen LogP contribution < -0.4 is 5.56 Å². The Balaban J connectivity index is 1.55. The van der Waals surface area contributed by atoms with Gasteiger partial charge in [0.15, 0.2) is 5.82 Å². The van der Waals surface area contributed by atoms with E-state index in [2.05, 4.69) is 38.4 Å². The van der Waals surface area contributed by atoms with E-state index in [1.165, 1.54) is 0 Å². The van der Waals surface area contributed by atoms with Crippen LogP contribution in [0.15, 0.2) is 70.1 Å². The first-order valence-electron chi connectivity index (χ1n) is 13.4. The maximum Gasteiger partial charge on any atom is 0.253 e. The molecule has 1 N–H and O–H groups in total. The molecule has 1 atom stereocenters. The summed E-state index contributed by atoms with van der Waals surface area (Å²) in [6.07, 6.45) is 5.97. The normalized spacial score (nSPS) is 15.0. The molecule has 5 aromatic rings. The molecular weight excluding hydrogens is 512 g/mol. The minimum atomic E-state index is -0.545. The van der Waals surface area contributed by atoms with Gasteiger partial charge in [-0.3, -0.25) is 9.69 Å². The topological polar surface area (TPSA) is 92.8 Å². The van der Waals surface area contributed by atoms with Gasteiger partial charge in [-0.25, -0.2) is 4.68 Å². The fourth-order valence-corrected chi connectivity index (χ4v) is 5.87. The molecule has 0 unspecified atom stereocenters. The zero-order chi connectivity index (χ0) is 26.9. The van der Waals surface area contributed by atoms with Crippen molar-refractivity contribution in [1.82, 2.24) is 30.1 Å². The van der Waals surface area contributed by atoms with Crippen LogP contribution >= 0.6 is 11.6 Å². The maximum atomic E-state index is 13.8. The van der Waals surface area contributed by atoms with Crippen molar-refractivity contribution in [2.45, 2.75) is 64.7 Å². The van der Waals surface area contributed by atoms with Crippen molar-refractivity contribution in [3.63, 3.8) is 0 Å². The van der Waals surface area contributed by atoms with Crippen LogP contribution in [-0.4, -0.2) is 30.1 Å². The highest BCUT2D eigenvalue weighted by Crippen LogP contribution is 2.36. The van der Waals surface area contributed by atoms with Crippen molar-refractivity contribution in [3.05, 3.63) is 110 Å². The Morgan fingerprint density at radius 1 is 1.08 bits per heavy atom. The van der Waals surface area contributed by atoms with Crippen molar-refractivity contribution < 1.29 is 4.42 Å². The second kappa shape index (κ2) is 10.8. The van der Waals surface area contributed by atoms with Crippen molar-refractivity contribution in [2.24, 2.45) is 0 Å². The lowest BCUT2D eigenvalue weighted by molar-refractivity contribution is 0.176. The second-order valence-electron chi connectivity index (χ2n) is 10.5. The van der Waals surface area contributed by atoms with Crippen LogP contribution in [0.2, 0.25) is 5.02 Å². The van der Waals surface area contributed by atoms with Crippen LogP contribution in [0.25, 0.3) is 10.9 Å². The fraction of sp³-hybridized carbons (Fsp3) is 0.333. The molecule has 6 rings (SSSR count). The van der Waals surface area contributed by atoms with Gasteiger partial charge in [0.1, 0.15) is 11.8 Å². The summed E-state index contributed by atoms with van der Waals surface area (Å²) in [6, 6.07) is 17.4. The molecule has 3 heterocycles. The third kappa shape index (κ3) is 5.14. The van der Waals surface area contributed by atoms with E-state index in [9.17, 15) is 4.79 Å². The lowest BCUT2D eigenvalue weighted by Crippen LogP contribution is -2.35. The monoisotopic (exact) mass is 542 g/mol. The van der Waals surface area contributed by atoms with E-state index in [0.29, 0.717) is 29.5 Å². The number of fused-ring (bicyclic) bond motifs is 1. The van der Waals surface area contributed by atoms with E-state index in [-0.39, 0.29) is 11.6 Å². The number of nitrogens with zero attached hydrogens (tertiary/aromatic N) is 5. The van der Waals surface area contributed by atoms with Gasteiger partial charge in [-0.05, 0) is 95.6 Å². The van der Waals surface area contributed by atoms with Gasteiger partial charge in [-0.2, -0.15) is 0 Å². The minimum Gasteiger partial charge on any atom is -0.468 e. The number of pyridine rings is 1. The first-order valence-corrected chi connectivity index (χ1v) is 13.8. The van der Waals surface area contributed by atoms with Crippen molar-refractivity contribution in [3.8, 4) is 0 Å². The van der Waals surface area contributed by atoms with Gasteiger partial charge < -0.3 is 9.40 Å². The summed E-state index contributed by atoms with van der Waals surface area (Å²) in [6.45, 7) is 5.03. The molecule has 8 nitrogen and oxygen atoms in total. The molecule has 0 bridgehead atoms. The van der Waals surface area contributed by atoms with E-state index in [0.717, 1.165) is 59.0 Å². The average Bonchev–Trinajstić information content (AvgIpc) is 3.70. The Morgan fingerprint density at radius 3 is 2.64 bits per heavy atom. The van der Waals surface area contributed by atoms with Crippen LogP contribution in [0.1, 0.15) is 71.6 Å². The molecule has 0 amide bonds. The molecule has 0 spiro atoms. The number of aryl methyl sites for hydroxylation is 2. The molecule has 1 fully saturated rings. The van der Waals surface area contributed by atoms with Gasteiger partial charge in [-0.1, -0.05) is 42.6 Å². The molecule has 1 aliphatic rings. The number of rotatable bonds is 8. The lowest BCUT2D eigenvalue weighted by Gasteiger charge is -2.31. The summed E-state index contributed by atoms with van der Waals surface area (Å²) in [5.41, 5.74) is 4.46. The predicted molar refractivity (Wildman–Crippen MR) is 151 cm³/mol. The highest BCUT2D eigenvalue weighted by molar-refractivity contribution is 6.31. The van der Waals surface area contributed by atoms with Gasteiger partial charge >= 0.3 is 0 Å². The zero-order valence-corrected chi connectivity index (χ0v) is 22.9. The molecule has 1 aliphatic carbocycles. The molecule has 1 saturated carbocycles. The number of H-pyrrole nitrogens is 1. The quantitative estimate of drug-likeness (QED) is 0.248. The Morgan fingerprint density at radius 2 is 1.87 bits per heavy atom. The van der Waals surface area contributed by atoms with E-state index >= 15 is 0 Å². The van der Waals surface area contributed by atoms with Crippen LogP contribution in [0.5, 0.6) is 0 Å². The number of nitrogens with one attached hydrogen (secondary N) is 1. The first-order chi connectivity index (χ1) is 19.0. The summed E-state index contributed by atoms with van der Waals surface area (Å²) in [4.78, 5) is 19.1. The Labute approximate surface area is 231 Å². The molecule has 39 heavy (non-hydrogen) atoms. The SMILES string of the molecule is Cc1cc2cc([C@@H](c3nnnn3C3CCCC3)N(Cc3ccco3)Cc3ccccc3Cl)c(=O)[nH]c2cc1C. The number of furan rings is 1. The Bertz CT molecular complexity index is 1650. The largest absolute Gasteiger partial charge is 0.468 e. The number of aromatic amines is 1. The van der Waals surface area contributed by atoms with Crippen LogP contribution in [0, 0.1) is 13.8 Å². The summed E-state index contributed by atoms with van der Waals surface area (Å²) < 4.78 is 7.71. The van der Waals surface area contributed by atoms with Gasteiger partial charge in [0.2, 0.25) is 0 Å². The smallest absolute Gasteiger partial charge is 0.253 e. The molecule has 0 aliphatic heterocycles. The second-order valence-corrected chi connectivity index (χ2v) is 10.9. The Kier molecular flexibility index (Phi) is 7.06. The molecular formula is C30H31ClN6O2. The van der Waals surface area contributed by atoms with Gasteiger partial charge in [0.05, 0.1) is 18.8 Å². The van der Waals surface area contributed by atoms with E-state index in [1.807, 2.05) is 60.1 Å². The van der Waals surface area contributed by atoms with E-state index in [4.69, 9.17) is 16.0 Å². The van der Waals surface area contributed by atoms with Crippen molar-refractivity contribution in [2.75, 3.05) is 0 Å². The third-order valence-electron chi connectivity index (χ3n) is 7.85. The average molecular weight is 543 g/mol. The molecule has 2 aromatic carbocycles. The van der Waals surface area contributed by atoms with Crippen LogP contribution in [0.4, 0.5) is 0 Å². The number of halogens is 1. The zero-order valence-electron chi connectivity index (χ0n) is 22.1. The first kappa shape index (κ1) is 25.5. The van der Waals surface area contributed by atoms with E-state index in [1.54, 1.807) is 6.26 Å². The fourth-order valence-electron chi connectivity index (χ4n) is 5.67. The lowest BCUT2D eigenvalue weighted by atomic mass is 9.99. The van der Waals surface area contributed by atoms with Crippen LogP contribution in [-0.2, 0) is 13.1 Å². The molecule has 0 saturated heterocycles. The van der Waals surface area contributed by atoms with Gasteiger partial charge in [0.25, 0.3) is 5.56 Å². The third-order valence-corrected chi connectivity index (χ3v) is 8.22. The Hall–Kier alpha value is -3.75. The number of tetrazole rings is 1. The highest BCUT2D eigenvalue weighted by Gasteiger charge is 2.34. The standard InChI is InChI=1S/C30H31ClN6O2/c1-19-14-22-16-25(30(38)32-27(22)15-20(19)2)28(29-33-34-35-37(29)23-9-4-5-10-23)36(18-24-11-7-13-39-24)17-21-8-3-6-12-26(21)31/h3,6-8,11-16,23,28H,4-5,9-10,17-18H2,1-2H3,(H,32,38)/t28-/m0/s1. The number of hydrogen-bond donors (Lipinski definition) is 1. The number of hydrogen-bond acceptors (Lipinski definition) is 6. The predicted octanol–water partition coefficient (Wildman–Crippen LogP) is 6.28. The molecule has 3 aromatic heterocycles. The molecule has 200 valence electrons. The van der Waals surface area contributed by atoms with Crippen LogP contribution in [0.3, 0.4) is 0 Å². The van der Waals surface area contributed by atoms with E-state index < -0.39 is 6.04 Å². The molecule has 9 heteroatoms. The maximum absolute atomic E-state index is 13.8. The highest BCUT2D eigenvalue weighted by atomic mass is 35.5. The van der Waals surface area contributed by atoms with Crippen molar-refractivity contribution in [1.29, 1.82) is 0 Å². The van der Waals surface area contributed by atoms with Gasteiger partial charge in [0, 0.05) is 22.6 Å². The van der Waals surface area contributed by atoms with Gasteiger partial charge in [-0.15, -0.1) is 5.10 Å². The minimum absolute atomic E-state index is 0.166. The molecule has 0 radical (unpaired) electrons. The summed E-state index contributed by atoms with van der Waals surface area (Å²) in [5, 5.41) is 14.7. The summed E-state index contributed by atoms with van der Waals surface area (Å²) in [5.74, 6) is 1.42. The van der Waals surface area contributed by atoms with Crippen molar-refractivity contribution >= 4 is 22.5 Å². The summed E-state index contributed by atoms with van der Waals surface area (Å²) in [7, 11) is 0. The number of benzene rings is 2.